The van der Waals surface area contributed by atoms with Crippen molar-refractivity contribution in [2.75, 3.05) is 13.2 Å². The van der Waals surface area contributed by atoms with Gasteiger partial charge in [0, 0.05) is 12.6 Å². The van der Waals surface area contributed by atoms with Crippen LogP contribution in [0.1, 0.15) is 26.7 Å². The first-order valence-electron chi connectivity index (χ1n) is 4.69. The third-order valence-electron chi connectivity index (χ3n) is 1.98. The van der Waals surface area contributed by atoms with Crippen molar-refractivity contribution in [3.8, 4) is 0 Å². The summed E-state index contributed by atoms with van der Waals surface area (Å²) >= 11 is 0. The van der Waals surface area contributed by atoms with Crippen molar-refractivity contribution in [1.82, 2.24) is 5.32 Å². The molecule has 0 fully saturated rings. The molecular formula is C10H21NO2. The largest absolute Gasteiger partial charge is 0.393 e. The third kappa shape index (κ3) is 6.75. The lowest BCUT2D eigenvalue weighted by Gasteiger charge is -2.23. The highest BCUT2D eigenvalue weighted by molar-refractivity contribution is 4.77. The summed E-state index contributed by atoms with van der Waals surface area (Å²) in [5.41, 5.74) is -1.01. The van der Waals surface area contributed by atoms with E-state index in [-0.39, 0.29) is 6.61 Å². The SMILES string of the molecule is C=CCCC(C)NCC(C)(O)CO. The average molecular weight is 187 g/mol. The Labute approximate surface area is 80.5 Å². The van der Waals surface area contributed by atoms with Crippen LogP contribution in [0, 0.1) is 0 Å². The number of nitrogens with one attached hydrogen (secondary N) is 1. The fourth-order valence-electron chi connectivity index (χ4n) is 0.920. The van der Waals surface area contributed by atoms with Gasteiger partial charge in [0.05, 0.1) is 12.2 Å². The molecule has 0 heterocycles. The van der Waals surface area contributed by atoms with Crippen LogP contribution in [0.5, 0.6) is 0 Å². The molecule has 2 unspecified atom stereocenters. The van der Waals surface area contributed by atoms with Gasteiger partial charge in [0.2, 0.25) is 0 Å². The van der Waals surface area contributed by atoms with Crippen LogP contribution in [0.2, 0.25) is 0 Å². The van der Waals surface area contributed by atoms with Crippen LogP contribution in [0.25, 0.3) is 0 Å². The molecule has 3 heteroatoms. The maximum absolute atomic E-state index is 9.46. The summed E-state index contributed by atoms with van der Waals surface area (Å²) in [6, 6.07) is 0.344. The standard InChI is InChI=1S/C10H21NO2/c1-4-5-6-9(2)11-7-10(3,13)8-12/h4,9,11-13H,1,5-8H2,2-3H3. The maximum Gasteiger partial charge on any atom is 0.0972 e. The molecule has 0 bridgehead atoms. The van der Waals surface area contributed by atoms with E-state index in [0.29, 0.717) is 12.6 Å². The smallest absolute Gasteiger partial charge is 0.0972 e. The minimum Gasteiger partial charge on any atom is -0.393 e. The Balaban J connectivity index is 3.56. The van der Waals surface area contributed by atoms with Crippen LogP contribution in [0.4, 0.5) is 0 Å². The molecule has 78 valence electrons. The molecule has 0 aromatic heterocycles. The number of aliphatic hydroxyl groups excluding tert-OH is 1. The van der Waals surface area contributed by atoms with Crippen molar-refractivity contribution in [3.63, 3.8) is 0 Å². The summed E-state index contributed by atoms with van der Waals surface area (Å²) in [5, 5.41) is 21.4. The number of hydrogen-bond donors (Lipinski definition) is 3. The zero-order valence-corrected chi connectivity index (χ0v) is 8.58. The van der Waals surface area contributed by atoms with E-state index in [1.165, 1.54) is 0 Å². The summed E-state index contributed by atoms with van der Waals surface area (Å²) in [6.07, 6.45) is 3.85. The van der Waals surface area contributed by atoms with E-state index < -0.39 is 5.60 Å². The number of allylic oxidation sites excluding steroid dienone is 1. The molecule has 0 aliphatic heterocycles. The van der Waals surface area contributed by atoms with Crippen LogP contribution >= 0.6 is 0 Å². The summed E-state index contributed by atoms with van der Waals surface area (Å²) in [4.78, 5) is 0. The Bertz CT molecular complexity index is 146. The van der Waals surface area contributed by atoms with Crippen molar-refractivity contribution in [1.29, 1.82) is 0 Å². The highest BCUT2D eigenvalue weighted by Gasteiger charge is 2.18. The second-order valence-corrected chi connectivity index (χ2v) is 3.80. The highest BCUT2D eigenvalue weighted by Crippen LogP contribution is 2.02. The third-order valence-corrected chi connectivity index (χ3v) is 1.98. The Hall–Kier alpha value is -0.380. The maximum atomic E-state index is 9.46. The zero-order valence-electron chi connectivity index (χ0n) is 8.58. The molecule has 0 saturated heterocycles. The van der Waals surface area contributed by atoms with E-state index in [0.717, 1.165) is 12.8 Å². The fraction of sp³-hybridized carbons (Fsp3) is 0.800. The summed E-state index contributed by atoms with van der Waals surface area (Å²) in [5.74, 6) is 0. The normalized spacial score (nSPS) is 17.8. The average Bonchev–Trinajstić information content (AvgIpc) is 2.11. The Kier molecular flexibility index (Phi) is 5.95. The van der Waals surface area contributed by atoms with Gasteiger partial charge in [0.15, 0.2) is 0 Å². The Morgan fingerprint density at radius 1 is 1.62 bits per heavy atom. The molecule has 0 spiro atoms. The van der Waals surface area contributed by atoms with E-state index in [2.05, 4.69) is 18.8 Å². The van der Waals surface area contributed by atoms with E-state index in [1.54, 1.807) is 6.92 Å². The first-order valence-corrected chi connectivity index (χ1v) is 4.69. The van der Waals surface area contributed by atoms with Gasteiger partial charge in [-0.15, -0.1) is 6.58 Å². The summed E-state index contributed by atoms with van der Waals surface area (Å²) in [6.45, 7) is 7.51. The summed E-state index contributed by atoms with van der Waals surface area (Å²) < 4.78 is 0. The highest BCUT2D eigenvalue weighted by atomic mass is 16.3. The van der Waals surface area contributed by atoms with Gasteiger partial charge in [-0.3, -0.25) is 0 Å². The molecule has 0 rings (SSSR count). The lowest BCUT2D eigenvalue weighted by Crippen LogP contribution is -2.44. The molecule has 0 aliphatic rings. The molecule has 3 N–H and O–H groups in total. The van der Waals surface area contributed by atoms with E-state index in [1.807, 2.05) is 6.08 Å². The van der Waals surface area contributed by atoms with Gasteiger partial charge in [-0.05, 0) is 26.7 Å². The molecule has 0 amide bonds. The number of rotatable bonds is 7. The molecular weight excluding hydrogens is 166 g/mol. The van der Waals surface area contributed by atoms with E-state index >= 15 is 0 Å². The Morgan fingerprint density at radius 2 is 2.23 bits per heavy atom. The minimum absolute atomic E-state index is 0.214. The number of hydrogen-bond acceptors (Lipinski definition) is 3. The van der Waals surface area contributed by atoms with Crippen molar-refractivity contribution >= 4 is 0 Å². The van der Waals surface area contributed by atoms with Crippen molar-refractivity contribution in [2.45, 2.75) is 38.3 Å². The fourth-order valence-corrected chi connectivity index (χ4v) is 0.920. The van der Waals surface area contributed by atoms with Crippen LogP contribution < -0.4 is 5.32 Å². The van der Waals surface area contributed by atoms with Gasteiger partial charge in [0.1, 0.15) is 0 Å². The van der Waals surface area contributed by atoms with Crippen LogP contribution in [0.3, 0.4) is 0 Å². The second-order valence-electron chi connectivity index (χ2n) is 3.80. The zero-order chi connectivity index (χ0) is 10.3. The first kappa shape index (κ1) is 12.6. The van der Waals surface area contributed by atoms with Crippen LogP contribution in [-0.4, -0.2) is 35.0 Å². The predicted molar refractivity (Wildman–Crippen MR) is 54.6 cm³/mol. The molecule has 2 atom stereocenters. The first-order chi connectivity index (χ1) is 6.02. The molecule has 0 saturated carbocycles. The molecule has 0 aromatic carbocycles. The minimum atomic E-state index is -1.01. The van der Waals surface area contributed by atoms with Gasteiger partial charge >= 0.3 is 0 Å². The van der Waals surface area contributed by atoms with Gasteiger partial charge in [-0.25, -0.2) is 0 Å². The number of aliphatic hydroxyl groups is 2. The van der Waals surface area contributed by atoms with Crippen molar-refractivity contribution in [2.24, 2.45) is 0 Å². The summed E-state index contributed by atoms with van der Waals surface area (Å²) in [7, 11) is 0. The quantitative estimate of drug-likeness (QED) is 0.514. The Morgan fingerprint density at radius 3 is 2.69 bits per heavy atom. The molecule has 0 aliphatic carbocycles. The van der Waals surface area contributed by atoms with Gasteiger partial charge < -0.3 is 15.5 Å². The van der Waals surface area contributed by atoms with Crippen molar-refractivity contribution < 1.29 is 10.2 Å². The van der Waals surface area contributed by atoms with Crippen LogP contribution in [0.15, 0.2) is 12.7 Å². The molecule has 3 nitrogen and oxygen atoms in total. The lowest BCUT2D eigenvalue weighted by molar-refractivity contribution is 0.000967. The predicted octanol–water partition coefficient (Wildman–Crippen LogP) is 0.674. The van der Waals surface area contributed by atoms with E-state index in [9.17, 15) is 5.11 Å². The van der Waals surface area contributed by atoms with Crippen molar-refractivity contribution in [3.05, 3.63) is 12.7 Å². The van der Waals surface area contributed by atoms with E-state index in [4.69, 9.17) is 5.11 Å². The molecule has 0 aromatic rings. The molecule has 13 heavy (non-hydrogen) atoms. The second kappa shape index (κ2) is 6.13. The lowest BCUT2D eigenvalue weighted by atomic mass is 10.1. The van der Waals surface area contributed by atoms with Crippen LogP contribution in [-0.2, 0) is 0 Å². The topological polar surface area (TPSA) is 52.5 Å². The monoisotopic (exact) mass is 187 g/mol. The van der Waals surface area contributed by atoms with Gasteiger partial charge in [-0.2, -0.15) is 0 Å². The van der Waals surface area contributed by atoms with Gasteiger partial charge in [0.25, 0.3) is 0 Å². The van der Waals surface area contributed by atoms with Gasteiger partial charge in [-0.1, -0.05) is 6.08 Å². The molecule has 0 radical (unpaired) electrons.